The van der Waals surface area contributed by atoms with Gasteiger partial charge in [-0.05, 0) is 36.5 Å². The third-order valence-corrected chi connectivity index (χ3v) is 5.26. The number of nitrogen functional groups attached to an aromatic ring is 1. The molecule has 7 heteroatoms. The van der Waals surface area contributed by atoms with Crippen LogP contribution in [0.4, 0.5) is 11.5 Å². The number of ether oxygens (including phenoxy) is 1. The Hall–Kier alpha value is -2.47. The molecule has 1 saturated heterocycles. The van der Waals surface area contributed by atoms with Gasteiger partial charge in [-0.1, -0.05) is 24.6 Å². The van der Waals surface area contributed by atoms with Gasteiger partial charge in [0.25, 0.3) is 5.91 Å². The average molecular weight is 389 g/mol. The summed E-state index contributed by atoms with van der Waals surface area (Å²) < 4.78 is 5.23. The van der Waals surface area contributed by atoms with Crippen molar-refractivity contribution in [2.75, 3.05) is 30.8 Å². The number of nitrogens with one attached hydrogen (secondary N) is 1. The topological polar surface area (TPSA) is 80.5 Å². The summed E-state index contributed by atoms with van der Waals surface area (Å²) in [6.45, 7) is 4.75. The molecule has 27 heavy (non-hydrogen) atoms. The van der Waals surface area contributed by atoms with Gasteiger partial charge in [-0.2, -0.15) is 0 Å². The van der Waals surface area contributed by atoms with E-state index < -0.39 is 0 Å². The van der Waals surface area contributed by atoms with E-state index in [1.165, 1.54) is 26.0 Å². The van der Waals surface area contributed by atoms with Crippen LogP contribution < -0.4 is 20.7 Å². The normalized spacial score (nSPS) is 14.9. The van der Waals surface area contributed by atoms with E-state index >= 15 is 0 Å². The molecule has 0 aliphatic carbocycles. The maximum absolute atomic E-state index is 12.5. The van der Waals surface area contributed by atoms with Gasteiger partial charge >= 0.3 is 0 Å². The number of aromatic nitrogens is 1. The van der Waals surface area contributed by atoms with Crippen LogP contribution in [0.5, 0.6) is 5.75 Å². The predicted molar refractivity (Wildman–Crippen MR) is 108 cm³/mol. The SMILES string of the molecule is COc1cc(N)c(Cl)cc1C(=O)NCc1ccc(N2CCC(C)CC2)nc1. The molecule has 1 amide bonds. The minimum atomic E-state index is -0.275. The van der Waals surface area contributed by atoms with Crippen LogP contribution in [-0.2, 0) is 6.54 Å². The van der Waals surface area contributed by atoms with E-state index in [-0.39, 0.29) is 5.91 Å². The number of halogens is 1. The van der Waals surface area contributed by atoms with Crippen LogP contribution in [0.25, 0.3) is 0 Å². The number of carbonyl (C=O) groups excluding carboxylic acids is 1. The fourth-order valence-electron chi connectivity index (χ4n) is 3.14. The molecule has 0 bridgehead atoms. The van der Waals surface area contributed by atoms with Crippen molar-refractivity contribution >= 4 is 29.0 Å². The monoisotopic (exact) mass is 388 g/mol. The lowest BCUT2D eigenvalue weighted by atomic mass is 9.99. The Morgan fingerprint density at radius 1 is 1.37 bits per heavy atom. The van der Waals surface area contributed by atoms with E-state index in [1.807, 2.05) is 12.1 Å². The van der Waals surface area contributed by atoms with Crippen molar-refractivity contribution in [3.63, 3.8) is 0 Å². The first-order valence-electron chi connectivity index (χ1n) is 9.09. The van der Waals surface area contributed by atoms with Crippen molar-refractivity contribution in [1.29, 1.82) is 0 Å². The van der Waals surface area contributed by atoms with Crippen molar-refractivity contribution < 1.29 is 9.53 Å². The molecule has 3 rings (SSSR count). The fraction of sp³-hybridized carbons (Fsp3) is 0.400. The second-order valence-corrected chi connectivity index (χ2v) is 7.36. The fourth-order valence-corrected chi connectivity index (χ4v) is 3.30. The first kappa shape index (κ1) is 19.3. The zero-order valence-corrected chi connectivity index (χ0v) is 16.4. The Kier molecular flexibility index (Phi) is 6.06. The molecule has 1 aromatic carbocycles. The van der Waals surface area contributed by atoms with Crippen LogP contribution in [0.3, 0.4) is 0 Å². The summed E-state index contributed by atoms with van der Waals surface area (Å²) in [4.78, 5) is 19.3. The lowest BCUT2D eigenvalue weighted by Gasteiger charge is -2.31. The Morgan fingerprint density at radius 3 is 2.74 bits per heavy atom. The van der Waals surface area contributed by atoms with Gasteiger partial charge in [0.1, 0.15) is 11.6 Å². The van der Waals surface area contributed by atoms with E-state index in [0.29, 0.717) is 28.6 Å². The van der Waals surface area contributed by atoms with Gasteiger partial charge in [0.15, 0.2) is 0 Å². The predicted octanol–water partition coefficient (Wildman–Crippen LogP) is 3.49. The average Bonchev–Trinajstić information content (AvgIpc) is 2.69. The molecule has 0 saturated carbocycles. The Balaban J connectivity index is 1.62. The number of nitrogens with zero attached hydrogens (tertiary/aromatic N) is 2. The summed E-state index contributed by atoms with van der Waals surface area (Å²) in [5.74, 6) is 1.89. The summed E-state index contributed by atoms with van der Waals surface area (Å²) >= 11 is 6.03. The van der Waals surface area contributed by atoms with Crippen molar-refractivity contribution in [3.8, 4) is 5.75 Å². The summed E-state index contributed by atoms with van der Waals surface area (Å²) in [5, 5.41) is 3.19. The van der Waals surface area contributed by atoms with Crippen LogP contribution in [0.15, 0.2) is 30.5 Å². The summed E-state index contributed by atoms with van der Waals surface area (Å²) in [6.07, 6.45) is 4.21. The quantitative estimate of drug-likeness (QED) is 0.766. The first-order chi connectivity index (χ1) is 13.0. The lowest BCUT2D eigenvalue weighted by Crippen LogP contribution is -2.33. The molecule has 0 atom stereocenters. The number of hydrogen-bond acceptors (Lipinski definition) is 5. The van der Waals surface area contributed by atoms with Crippen molar-refractivity contribution in [3.05, 3.63) is 46.6 Å². The van der Waals surface area contributed by atoms with E-state index in [1.54, 1.807) is 12.3 Å². The number of nitrogens with two attached hydrogens (primary N) is 1. The first-order valence-corrected chi connectivity index (χ1v) is 9.46. The van der Waals surface area contributed by atoms with Gasteiger partial charge in [0.05, 0.1) is 23.4 Å². The smallest absolute Gasteiger partial charge is 0.255 e. The highest BCUT2D eigenvalue weighted by Gasteiger charge is 2.17. The number of piperidine rings is 1. The van der Waals surface area contributed by atoms with Crippen LogP contribution in [0.2, 0.25) is 5.02 Å². The molecule has 144 valence electrons. The summed E-state index contributed by atoms with van der Waals surface area (Å²) in [6, 6.07) is 7.07. The molecule has 2 aromatic rings. The minimum absolute atomic E-state index is 0.275. The number of methoxy groups -OCH3 is 1. The lowest BCUT2D eigenvalue weighted by molar-refractivity contribution is 0.0948. The molecule has 1 aromatic heterocycles. The second-order valence-electron chi connectivity index (χ2n) is 6.95. The van der Waals surface area contributed by atoms with Gasteiger partial charge < -0.3 is 20.7 Å². The largest absolute Gasteiger partial charge is 0.496 e. The summed E-state index contributed by atoms with van der Waals surface area (Å²) in [7, 11) is 1.49. The number of carbonyl (C=O) groups is 1. The Morgan fingerprint density at radius 2 is 2.11 bits per heavy atom. The maximum atomic E-state index is 12.5. The molecule has 2 heterocycles. The van der Waals surface area contributed by atoms with Crippen LogP contribution >= 0.6 is 11.6 Å². The van der Waals surface area contributed by atoms with E-state index in [4.69, 9.17) is 22.1 Å². The molecule has 1 fully saturated rings. The van der Waals surface area contributed by atoms with Crippen LogP contribution in [-0.4, -0.2) is 31.1 Å². The van der Waals surface area contributed by atoms with Gasteiger partial charge in [0.2, 0.25) is 0 Å². The molecule has 1 aliphatic heterocycles. The highest BCUT2D eigenvalue weighted by Crippen LogP contribution is 2.28. The molecule has 1 aliphatic rings. The second kappa shape index (κ2) is 8.48. The number of rotatable bonds is 5. The highest BCUT2D eigenvalue weighted by molar-refractivity contribution is 6.33. The van der Waals surface area contributed by atoms with Crippen molar-refractivity contribution in [1.82, 2.24) is 10.3 Å². The van der Waals surface area contributed by atoms with Crippen molar-refractivity contribution in [2.24, 2.45) is 5.92 Å². The molecular formula is C20H25ClN4O2. The summed E-state index contributed by atoms with van der Waals surface area (Å²) in [5.41, 5.74) is 7.41. The highest BCUT2D eigenvalue weighted by atomic mass is 35.5. The molecular weight excluding hydrogens is 364 g/mol. The van der Waals surface area contributed by atoms with Gasteiger partial charge in [-0.3, -0.25) is 4.79 Å². The molecule has 3 N–H and O–H groups in total. The van der Waals surface area contributed by atoms with Crippen LogP contribution in [0.1, 0.15) is 35.7 Å². The Bertz CT molecular complexity index is 802. The zero-order chi connectivity index (χ0) is 19.4. The molecule has 6 nitrogen and oxygen atoms in total. The number of pyridine rings is 1. The van der Waals surface area contributed by atoms with E-state index in [0.717, 1.165) is 30.4 Å². The third-order valence-electron chi connectivity index (χ3n) is 4.93. The minimum Gasteiger partial charge on any atom is -0.496 e. The van der Waals surface area contributed by atoms with E-state index in [9.17, 15) is 4.79 Å². The van der Waals surface area contributed by atoms with Gasteiger partial charge in [-0.15, -0.1) is 0 Å². The number of hydrogen-bond donors (Lipinski definition) is 2. The third kappa shape index (κ3) is 4.63. The van der Waals surface area contributed by atoms with Crippen LogP contribution in [0, 0.1) is 5.92 Å². The van der Waals surface area contributed by atoms with Crippen molar-refractivity contribution in [2.45, 2.75) is 26.3 Å². The molecule has 0 unspecified atom stereocenters. The van der Waals surface area contributed by atoms with Gasteiger partial charge in [-0.25, -0.2) is 4.98 Å². The number of benzene rings is 1. The number of anilines is 2. The molecule has 0 spiro atoms. The molecule has 0 radical (unpaired) electrons. The zero-order valence-electron chi connectivity index (χ0n) is 15.7. The maximum Gasteiger partial charge on any atom is 0.255 e. The number of amides is 1. The van der Waals surface area contributed by atoms with E-state index in [2.05, 4.69) is 22.1 Å². The Labute approximate surface area is 164 Å². The van der Waals surface area contributed by atoms with Gasteiger partial charge in [0, 0.05) is 31.9 Å². The standard InChI is InChI=1S/C20H25ClN4O2/c1-13-5-7-25(8-6-13)19-4-3-14(11-23-19)12-24-20(26)15-9-16(21)17(22)10-18(15)27-2/h3-4,9-11,13H,5-8,12,22H2,1-2H3,(H,24,26).